The van der Waals surface area contributed by atoms with Crippen LogP contribution in [0.4, 0.5) is 0 Å². The van der Waals surface area contributed by atoms with Gasteiger partial charge in [-0.15, -0.1) is 0 Å². The monoisotopic (exact) mass is 200 g/mol. The van der Waals surface area contributed by atoms with Crippen molar-refractivity contribution in [2.45, 2.75) is 38.7 Å². The van der Waals surface area contributed by atoms with Crippen LogP contribution < -0.4 is 0 Å². The van der Waals surface area contributed by atoms with E-state index in [0.29, 0.717) is 12.3 Å². The van der Waals surface area contributed by atoms with Crippen LogP contribution in [0, 0.1) is 5.92 Å². The molecule has 1 aliphatic carbocycles. The minimum Gasteiger partial charge on any atom is -0.469 e. The highest BCUT2D eigenvalue weighted by Gasteiger charge is 2.28. The van der Waals surface area contributed by atoms with Gasteiger partial charge in [-0.3, -0.25) is 9.59 Å². The smallest absolute Gasteiger partial charge is 0.305 e. The lowest BCUT2D eigenvalue weighted by atomic mass is 10.0. The van der Waals surface area contributed by atoms with Crippen LogP contribution in [0.3, 0.4) is 0 Å². The van der Waals surface area contributed by atoms with Gasteiger partial charge in [0.05, 0.1) is 7.11 Å². The molecule has 0 N–H and O–H groups in total. The van der Waals surface area contributed by atoms with E-state index in [1.807, 2.05) is 0 Å². The molecule has 0 aromatic rings. The number of hydrogen-bond acceptors (Lipinski definition) is 4. The summed E-state index contributed by atoms with van der Waals surface area (Å²) in [6, 6.07) is 0. The lowest BCUT2D eigenvalue weighted by molar-refractivity contribution is -0.146. The topological polar surface area (TPSA) is 52.6 Å². The fraction of sp³-hybridized carbons (Fsp3) is 0.800. The fourth-order valence-electron chi connectivity index (χ4n) is 1.88. The lowest BCUT2D eigenvalue weighted by Crippen LogP contribution is -2.13. The molecule has 0 aliphatic heterocycles. The van der Waals surface area contributed by atoms with Gasteiger partial charge in [0.25, 0.3) is 0 Å². The van der Waals surface area contributed by atoms with Crippen LogP contribution in [0.25, 0.3) is 0 Å². The molecule has 4 heteroatoms. The van der Waals surface area contributed by atoms with Crippen LogP contribution >= 0.6 is 0 Å². The third-order valence-corrected chi connectivity index (χ3v) is 2.51. The Balaban J connectivity index is 2.27. The van der Waals surface area contributed by atoms with Gasteiger partial charge < -0.3 is 9.47 Å². The van der Waals surface area contributed by atoms with Gasteiger partial charge in [0.2, 0.25) is 0 Å². The summed E-state index contributed by atoms with van der Waals surface area (Å²) in [6.07, 6.45) is 3.03. The standard InChI is InChI=1S/C10H16O4/c1-7(11)14-9-4-3-8(5-9)6-10(12)13-2/h8-9H,3-6H2,1-2H3. The predicted molar refractivity (Wildman–Crippen MR) is 49.5 cm³/mol. The highest BCUT2D eigenvalue weighted by molar-refractivity contribution is 5.69. The number of hydrogen-bond donors (Lipinski definition) is 0. The van der Waals surface area contributed by atoms with Crippen molar-refractivity contribution in [3.05, 3.63) is 0 Å². The molecular weight excluding hydrogens is 184 g/mol. The molecular formula is C10H16O4. The van der Waals surface area contributed by atoms with Gasteiger partial charge in [-0.05, 0) is 25.2 Å². The normalized spacial score (nSPS) is 25.9. The summed E-state index contributed by atoms with van der Waals surface area (Å²) in [5.41, 5.74) is 0. The molecule has 0 radical (unpaired) electrons. The summed E-state index contributed by atoms with van der Waals surface area (Å²) in [7, 11) is 1.39. The van der Waals surface area contributed by atoms with E-state index in [1.54, 1.807) is 0 Å². The minimum absolute atomic E-state index is 0.00200. The first kappa shape index (κ1) is 11.0. The van der Waals surface area contributed by atoms with Crippen molar-refractivity contribution in [3.63, 3.8) is 0 Å². The van der Waals surface area contributed by atoms with Crippen molar-refractivity contribution in [2.75, 3.05) is 7.11 Å². The summed E-state index contributed by atoms with van der Waals surface area (Å²) in [4.78, 5) is 21.6. The molecule has 0 aromatic carbocycles. The van der Waals surface area contributed by atoms with Gasteiger partial charge >= 0.3 is 11.9 Å². The summed E-state index contributed by atoms with van der Waals surface area (Å²) >= 11 is 0. The van der Waals surface area contributed by atoms with Crippen LogP contribution in [0.2, 0.25) is 0 Å². The molecule has 4 nitrogen and oxygen atoms in total. The number of ether oxygens (including phenoxy) is 2. The van der Waals surface area contributed by atoms with Crippen LogP contribution in [-0.4, -0.2) is 25.2 Å². The summed E-state index contributed by atoms with van der Waals surface area (Å²) < 4.78 is 9.65. The number of carbonyl (C=O) groups excluding carboxylic acids is 2. The average Bonchev–Trinajstić information content (AvgIpc) is 2.51. The van der Waals surface area contributed by atoms with Gasteiger partial charge in [-0.2, -0.15) is 0 Å². The van der Waals surface area contributed by atoms with Crippen molar-refractivity contribution in [2.24, 2.45) is 5.92 Å². The number of rotatable bonds is 3. The van der Waals surface area contributed by atoms with Gasteiger partial charge in [0, 0.05) is 13.3 Å². The highest BCUT2D eigenvalue weighted by Crippen LogP contribution is 2.30. The second-order valence-corrected chi connectivity index (χ2v) is 3.69. The van der Waals surface area contributed by atoms with E-state index in [0.717, 1.165) is 19.3 Å². The molecule has 1 rings (SSSR count). The zero-order valence-electron chi connectivity index (χ0n) is 8.62. The molecule has 0 heterocycles. The van der Waals surface area contributed by atoms with Crippen molar-refractivity contribution < 1.29 is 19.1 Å². The van der Waals surface area contributed by atoms with E-state index in [4.69, 9.17) is 4.74 Å². The zero-order valence-corrected chi connectivity index (χ0v) is 8.62. The number of carbonyl (C=O) groups is 2. The molecule has 0 amide bonds. The van der Waals surface area contributed by atoms with Crippen LogP contribution in [0.5, 0.6) is 0 Å². The van der Waals surface area contributed by atoms with Crippen molar-refractivity contribution in [1.82, 2.24) is 0 Å². The average molecular weight is 200 g/mol. The Bertz CT molecular complexity index is 224. The van der Waals surface area contributed by atoms with Gasteiger partial charge in [-0.1, -0.05) is 0 Å². The summed E-state index contributed by atoms with van der Waals surface area (Å²) in [5, 5.41) is 0. The van der Waals surface area contributed by atoms with E-state index in [2.05, 4.69) is 4.74 Å². The maximum atomic E-state index is 11.0. The third-order valence-electron chi connectivity index (χ3n) is 2.51. The molecule has 0 bridgehead atoms. The molecule has 80 valence electrons. The van der Waals surface area contributed by atoms with Crippen LogP contribution in [-0.2, 0) is 19.1 Å². The second-order valence-electron chi connectivity index (χ2n) is 3.69. The molecule has 0 saturated heterocycles. The molecule has 14 heavy (non-hydrogen) atoms. The van der Waals surface area contributed by atoms with Gasteiger partial charge in [-0.25, -0.2) is 0 Å². The Morgan fingerprint density at radius 1 is 1.36 bits per heavy atom. The minimum atomic E-state index is -0.242. The number of esters is 2. The van der Waals surface area contributed by atoms with Crippen LogP contribution in [0.15, 0.2) is 0 Å². The molecule has 0 aromatic heterocycles. The maximum absolute atomic E-state index is 11.0. The largest absolute Gasteiger partial charge is 0.469 e. The Kier molecular flexibility index (Phi) is 3.92. The third kappa shape index (κ3) is 3.36. The number of methoxy groups -OCH3 is 1. The maximum Gasteiger partial charge on any atom is 0.305 e. The molecule has 1 saturated carbocycles. The van der Waals surface area contributed by atoms with E-state index >= 15 is 0 Å². The van der Waals surface area contributed by atoms with Gasteiger partial charge in [0.1, 0.15) is 6.10 Å². The second kappa shape index (κ2) is 4.98. The molecule has 2 atom stereocenters. The first-order chi connectivity index (χ1) is 6.61. The van der Waals surface area contributed by atoms with Crippen molar-refractivity contribution >= 4 is 11.9 Å². The molecule has 1 fully saturated rings. The summed E-state index contributed by atoms with van der Waals surface area (Å²) in [5.74, 6) is -0.112. The first-order valence-corrected chi connectivity index (χ1v) is 4.86. The van der Waals surface area contributed by atoms with E-state index in [1.165, 1.54) is 14.0 Å². The Morgan fingerprint density at radius 3 is 2.64 bits per heavy atom. The Morgan fingerprint density at radius 2 is 2.07 bits per heavy atom. The SMILES string of the molecule is COC(=O)CC1CCC(OC(C)=O)C1. The Labute approximate surface area is 83.6 Å². The molecule has 0 spiro atoms. The fourth-order valence-corrected chi connectivity index (χ4v) is 1.88. The van der Waals surface area contributed by atoms with Gasteiger partial charge in [0.15, 0.2) is 0 Å². The van der Waals surface area contributed by atoms with E-state index in [-0.39, 0.29) is 18.0 Å². The molecule has 2 unspecified atom stereocenters. The zero-order chi connectivity index (χ0) is 10.6. The lowest BCUT2D eigenvalue weighted by Gasteiger charge is -2.10. The summed E-state index contributed by atoms with van der Waals surface area (Å²) in [6.45, 7) is 1.41. The van der Waals surface area contributed by atoms with Crippen LogP contribution in [0.1, 0.15) is 32.6 Å². The quantitative estimate of drug-likeness (QED) is 0.644. The Hall–Kier alpha value is -1.06. The predicted octanol–water partition coefficient (Wildman–Crippen LogP) is 1.28. The van der Waals surface area contributed by atoms with E-state index in [9.17, 15) is 9.59 Å². The first-order valence-electron chi connectivity index (χ1n) is 4.86. The van der Waals surface area contributed by atoms with Crippen molar-refractivity contribution in [3.8, 4) is 0 Å². The highest BCUT2D eigenvalue weighted by atomic mass is 16.5. The molecule has 1 aliphatic rings. The van der Waals surface area contributed by atoms with Crippen molar-refractivity contribution in [1.29, 1.82) is 0 Å². The van der Waals surface area contributed by atoms with E-state index < -0.39 is 0 Å².